The quantitative estimate of drug-likeness (QED) is 0.113. The molecule has 0 spiro atoms. The zero-order valence-electron chi connectivity index (χ0n) is 21.5. The fourth-order valence-electron chi connectivity index (χ4n) is 5.61. The molecule has 180 valence electrons. The molecule has 0 aromatic rings. The van der Waals surface area contributed by atoms with Gasteiger partial charge in [0, 0.05) is 12.8 Å². The molecule has 1 rings (SSSR count). The lowest BCUT2D eigenvalue weighted by molar-refractivity contribution is -0.917. The van der Waals surface area contributed by atoms with Crippen LogP contribution in [0.15, 0.2) is 0 Å². The summed E-state index contributed by atoms with van der Waals surface area (Å²) in [7, 11) is 0. The SMILES string of the molecule is CCCCCCCCCCCCCCC[N+]1(CCCCCCCCCC)CCCC1. The van der Waals surface area contributed by atoms with Gasteiger partial charge in [-0.05, 0) is 25.7 Å². The molecule has 0 radical (unpaired) electrons. The van der Waals surface area contributed by atoms with E-state index in [0.29, 0.717) is 0 Å². The lowest BCUT2D eigenvalue weighted by atomic mass is 10.0. The molecule has 1 aliphatic heterocycles. The lowest BCUT2D eigenvalue weighted by Crippen LogP contribution is -2.46. The van der Waals surface area contributed by atoms with Crippen LogP contribution in [-0.4, -0.2) is 30.7 Å². The van der Waals surface area contributed by atoms with Crippen LogP contribution < -0.4 is 0 Å². The summed E-state index contributed by atoms with van der Waals surface area (Å²) in [6, 6.07) is 0. The fourth-order valence-corrected chi connectivity index (χ4v) is 5.61. The molecule has 0 aliphatic carbocycles. The largest absolute Gasteiger partial charge is 0.324 e. The Morgan fingerprint density at radius 2 is 0.633 bits per heavy atom. The van der Waals surface area contributed by atoms with Crippen molar-refractivity contribution < 1.29 is 4.48 Å². The van der Waals surface area contributed by atoms with E-state index in [0.717, 1.165) is 0 Å². The number of rotatable bonds is 23. The normalized spacial score (nSPS) is 15.8. The molecular weight excluding hydrogens is 362 g/mol. The third-order valence-electron chi connectivity index (χ3n) is 7.74. The van der Waals surface area contributed by atoms with Crippen LogP contribution in [-0.2, 0) is 0 Å². The number of hydrogen-bond donors (Lipinski definition) is 0. The van der Waals surface area contributed by atoms with Gasteiger partial charge in [-0.25, -0.2) is 0 Å². The van der Waals surface area contributed by atoms with Gasteiger partial charge in [-0.1, -0.05) is 123 Å². The predicted molar refractivity (Wildman–Crippen MR) is 137 cm³/mol. The summed E-state index contributed by atoms with van der Waals surface area (Å²) in [4.78, 5) is 0. The van der Waals surface area contributed by atoms with E-state index < -0.39 is 0 Å². The van der Waals surface area contributed by atoms with E-state index in [2.05, 4.69) is 13.8 Å². The second-order valence-corrected chi connectivity index (χ2v) is 10.7. The van der Waals surface area contributed by atoms with Crippen molar-refractivity contribution in [2.45, 2.75) is 162 Å². The first kappa shape index (κ1) is 28.0. The van der Waals surface area contributed by atoms with Crippen molar-refractivity contribution in [3.63, 3.8) is 0 Å². The summed E-state index contributed by atoms with van der Waals surface area (Å²) < 4.78 is 1.49. The lowest BCUT2D eigenvalue weighted by Gasteiger charge is -2.34. The van der Waals surface area contributed by atoms with Gasteiger partial charge in [0.15, 0.2) is 0 Å². The molecule has 1 heteroatoms. The van der Waals surface area contributed by atoms with E-state index >= 15 is 0 Å². The van der Waals surface area contributed by atoms with Crippen LogP contribution in [0.3, 0.4) is 0 Å². The highest BCUT2D eigenvalue weighted by molar-refractivity contribution is 4.57. The molecule has 0 amide bonds. The van der Waals surface area contributed by atoms with Crippen LogP contribution in [0, 0.1) is 0 Å². The highest BCUT2D eigenvalue weighted by Crippen LogP contribution is 2.23. The summed E-state index contributed by atoms with van der Waals surface area (Å²) in [5.74, 6) is 0. The minimum absolute atomic E-state index is 1.37. The summed E-state index contributed by atoms with van der Waals surface area (Å²) in [5, 5.41) is 0. The van der Waals surface area contributed by atoms with Gasteiger partial charge >= 0.3 is 0 Å². The van der Waals surface area contributed by atoms with Crippen molar-refractivity contribution in [3.05, 3.63) is 0 Å². The summed E-state index contributed by atoms with van der Waals surface area (Å²) in [5.41, 5.74) is 0. The van der Waals surface area contributed by atoms with Crippen LogP contribution in [0.2, 0.25) is 0 Å². The zero-order valence-corrected chi connectivity index (χ0v) is 21.5. The Kier molecular flexibility index (Phi) is 19.4. The van der Waals surface area contributed by atoms with Crippen molar-refractivity contribution >= 4 is 0 Å². The molecule has 1 aliphatic rings. The molecular formula is C29H60N+. The van der Waals surface area contributed by atoms with E-state index in [1.807, 2.05) is 0 Å². The van der Waals surface area contributed by atoms with E-state index in [9.17, 15) is 0 Å². The smallest absolute Gasteiger partial charge is 0.0788 e. The number of unbranched alkanes of at least 4 members (excludes halogenated alkanes) is 19. The molecule has 1 heterocycles. The number of quaternary nitrogens is 1. The molecule has 0 saturated carbocycles. The van der Waals surface area contributed by atoms with E-state index in [4.69, 9.17) is 0 Å². The monoisotopic (exact) mass is 422 g/mol. The molecule has 0 bridgehead atoms. The second-order valence-electron chi connectivity index (χ2n) is 10.7. The Bertz CT molecular complexity index is 331. The predicted octanol–water partition coefficient (Wildman–Crippen LogP) is 9.83. The Balaban J connectivity index is 1.92. The maximum Gasteiger partial charge on any atom is 0.0788 e. The maximum absolute atomic E-state index is 2.32. The van der Waals surface area contributed by atoms with E-state index in [1.165, 1.54) is 178 Å². The van der Waals surface area contributed by atoms with Crippen molar-refractivity contribution in [1.29, 1.82) is 0 Å². The van der Waals surface area contributed by atoms with Crippen LogP contribution >= 0.6 is 0 Å². The molecule has 0 N–H and O–H groups in total. The highest BCUT2D eigenvalue weighted by atomic mass is 15.4. The van der Waals surface area contributed by atoms with Gasteiger partial charge in [-0.15, -0.1) is 0 Å². The summed E-state index contributed by atoms with van der Waals surface area (Å²) in [6.45, 7) is 10.6. The first-order chi connectivity index (χ1) is 14.8. The third kappa shape index (κ3) is 15.7. The highest BCUT2D eigenvalue weighted by Gasteiger charge is 2.30. The topological polar surface area (TPSA) is 0 Å². The summed E-state index contributed by atoms with van der Waals surface area (Å²) >= 11 is 0. The molecule has 0 atom stereocenters. The van der Waals surface area contributed by atoms with Crippen LogP contribution in [0.4, 0.5) is 0 Å². The Morgan fingerprint density at radius 3 is 0.933 bits per heavy atom. The number of nitrogens with zero attached hydrogens (tertiary/aromatic N) is 1. The Morgan fingerprint density at radius 1 is 0.367 bits per heavy atom. The molecule has 1 saturated heterocycles. The van der Waals surface area contributed by atoms with Gasteiger partial charge in [0.1, 0.15) is 0 Å². The van der Waals surface area contributed by atoms with E-state index in [1.54, 1.807) is 0 Å². The number of likely N-dealkylation sites (tertiary alicyclic amines) is 1. The fraction of sp³-hybridized carbons (Fsp3) is 1.00. The molecule has 1 fully saturated rings. The maximum atomic E-state index is 2.32. The number of hydrogen-bond acceptors (Lipinski definition) is 0. The second kappa shape index (κ2) is 20.8. The van der Waals surface area contributed by atoms with Gasteiger partial charge in [0.25, 0.3) is 0 Å². The minimum Gasteiger partial charge on any atom is -0.324 e. The van der Waals surface area contributed by atoms with Gasteiger partial charge in [-0.3, -0.25) is 0 Å². The average Bonchev–Trinajstić information content (AvgIpc) is 3.22. The van der Waals surface area contributed by atoms with Gasteiger partial charge in [0.05, 0.1) is 26.2 Å². The Hall–Kier alpha value is -0.0400. The molecule has 0 unspecified atom stereocenters. The Labute approximate surface area is 192 Å². The standard InChI is InChI=1S/C29H60N/c1-3-5-7-9-11-13-14-15-16-17-19-21-23-27-30(28-24-25-29-30)26-22-20-18-12-10-8-6-4-2/h3-29H2,1-2H3/q+1. The molecule has 1 nitrogen and oxygen atoms in total. The van der Waals surface area contributed by atoms with Crippen LogP contribution in [0.5, 0.6) is 0 Å². The van der Waals surface area contributed by atoms with Crippen LogP contribution in [0.25, 0.3) is 0 Å². The van der Waals surface area contributed by atoms with Crippen molar-refractivity contribution in [1.82, 2.24) is 0 Å². The van der Waals surface area contributed by atoms with Crippen molar-refractivity contribution in [3.8, 4) is 0 Å². The first-order valence-electron chi connectivity index (χ1n) is 14.7. The third-order valence-corrected chi connectivity index (χ3v) is 7.74. The molecule has 0 aromatic carbocycles. The zero-order chi connectivity index (χ0) is 21.6. The molecule has 30 heavy (non-hydrogen) atoms. The van der Waals surface area contributed by atoms with Gasteiger partial charge in [0.2, 0.25) is 0 Å². The minimum atomic E-state index is 1.37. The summed E-state index contributed by atoms with van der Waals surface area (Å²) in [6.07, 6.45) is 33.9. The van der Waals surface area contributed by atoms with Crippen molar-refractivity contribution in [2.24, 2.45) is 0 Å². The van der Waals surface area contributed by atoms with Crippen LogP contribution in [0.1, 0.15) is 162 Å². The van der Waals surface area contributed by atoms with Gasteiger partial charge in [-0.2, -0.15) is 0 Å². The average molecular weight is 423 g/mol. The van der Waals surface area contributed by atoms with Gasteiger partial charge < -0.3 is 4.48 Å². The first-order valence-corrected chi connectivity index (χ1v) is 14.7. The molecule has 0 aromatic heterocycles. The van der Waals surface area contributed by atoms with E-state index in [-0.39, 0.29) is 0 Å². The van der Waals surface area contributed by atoms with Crippen molar-refractivity contribution in [2.75, 3.05) is 26.2 Å².